The van der Waals surface area contributed by atoms with Gasteiger partial charge in [-0.2, -0.15) is 0 Å². The van der Waals surface area contributed by atoms with E-state index in [1.165, 1.54) is 49.2 Å². The minimum atomic E-state index is 0.890. The van der Waals surface area contributed by atoms with Crippen molar-refractivity contribution in [3.8, 4) is 33.4 Å². The summed E-state index contributed by atoms with van der Waals surface area (Å²) in [7, 11) is 0. The molecule has 0 N–H and O–H groups in total. The van der Waals surface area contributed by atoms with Crippen molar-refractivity contribution in [2.75, 3.05) is 4.90 Å². The van der Waals surface area contributed by atoms with Gasteiger partial charge in [-0.05, 0) is 109 Å². The molecule has 2 nitrogen and oxygen atoms in total. The third-order valence-corrected chi connectivity index (χ3v) is 11.2. The Morgan fingerprint density at radius 2 is 0.732 bits per heavy atom. The fraction of sp³-hybridized carbons (Fsp3) is 0. The van der Waals surface area contributed by atoms with Gasteiger partial charge in [-0.1, -0.05) is 164 Å². The molecular weight excluding hydrogens is 679 g/mol. The lowest BCUT2D eigenvalue weighted by atomic mass is 9.96. The molecule has 0 bridgehead atoms. The van der Waals surface area contributed by atoms with Crippen LogP contribution in [0.15, 0.2) is 217 Å². The van der Waals surface area contributed by atoms with Crippen molar-refractivity contribution in [1.29, 1.82) is 0 Å². The molecule has 0 saturated heterocycles. The van der Waals surface area contributed by atoms with E-state index in [0.717, 1.165) is 55.5 Å². The van der Waals surface area contributed by atoms with Crippen molar-refractivity contribution in [1.82, 2.24) is 0 Å². The van der Waals surface area contributed by atoms with Crippen LogP contribution in [0.1, 0.15) is 0 Å². The van der Waals surface area contributed by atoms with E-state index in [2.05, 4.69) is 217 Å². The molecule has 0 saturated carbocycles. The van der Waals surface area contributed by atoms with Gasteiger partial charge in [-0.3, -0.25) is 0 Å². The van der Waals surface area contributed by atoms with Crippen LogP contribution in [0.25, 0.3) is 87.6 Å². The standard InChI is InChI=1S/C54H35NO/c1-4-24-45-36(13-1)16-10-27-47(45)39-18-7-21-42(33-39)55(43-22-8-19-40(34-43)48-28-11-17-37-14-2-5-25-46(37)48)44-23-9-20-41(35-44)49-29-12-30-52-53(49)51-32-31-38-15-3-6-26-50(38)54(51)56-52/h1-35H. The summed E-state index contributed by atoms with van der Waals surface area (Å²) in [5, 5.41) is 9.51. The molecule has 0 amide bonds. The molecule has 0 spiro atoms. The molecule has 0 aliphatic rings. The molecule has 56 heavy (non-hydrogen) atoms. The van der Waals surface area contributed by atoms with Crippen molar-refractivity contribution in [3.05, 3.63) is 212 Å². The molecule has 0 aliphatic heterocycles. The van der Waals surface area contributed by atoms with Gasteiger partial charge in [0, 0.05) is 33.2 Å². The Hall–Kier alpha value is -7.42. The van der Waals surface area contributed by atoms with E-state index in [1.807, 2.05) is 0 Å². The normalized spacial score (nSPS) is 11.6. The zero-order valence-electron chi connectivity index (χ0n) is 30.6. The zero-order chi connectivity index (χ0) is 37.0. The Kier molecular flexibility index (Phi) is 7.53. The second-order valence-corrected chi connectivity index (χ2v) is 14.5. The van der Waals surface area contributed by atoms with Crippen LogP contribution in [-0.4, -0.2) is 0 Å². The number of furan rings is 1. The summed E-state index contributed by atoms with van der Waals surface area (Å²) in [5.41, 5.74) is 12.1. The highest BCUT2D eigenvalue weighted by Gasteiger charge is 2.19. The minimum Gasteiger partial charge on any atom is -0.455 e. The zero-order valence-corrected chi connectivity index (χ0v) is 30.6. The first-order valence-electron chi connectivity index (χ1n) is 19.2. The van der Waals surface area contributed by atoms with Gasteiger partial charge in [-0.15, -0.1) is 0 Å². The van der Waals surface area contributed by atoms with Crippen LogP contribution in [0.3, 0.4) is 0 Å². The lowest BCUT2D eigenvalue weighted by Crippen LogP contribution is -2.10. The number of rotatable bonds is 6. The average Bonchev–Trinajstić information content (AvgIpc) is 3.66. The van der Waals surface area contributed by atoms with Gasteiger partial charge in [0.25, 0.3) is 0 Å². The fourth-order valence-corrected chi connectivity index (χ4v) is 8.63. The van der Waals surface area contributed by atoms with Crippen LogP contribution in [0.4, 0.5) is 17.1 Å². The van der Waals surface area contributed by atoms with Crippen LogP contribution < -0.4 is 4.90 Å². The highest BCUT2D eigenvalue weighted by molar-refractivity contribution is 6.19. The number of anilines is 3. The third kappa shape index (κ3) is 5.34. The molecule has 0 fully saturated rings. The van der Waals surface area contributed by atoms with Crippen molar-refractivity contribution in [2.24, 2.45) is 0 Å². The molecule has 0 atom stereocenters. The SMILES string of the molecule is c1cc(-c2cccc3ccccc23)cc(N(c2cccc(-c3cccc4ccccc34)c2)c2cccc(-c3cccc4oc5c6ccccc6ccc5c34)c2)c1. The Morgan fingerprint density at radius 3 is 1.30 bits per heavy atom. The predicted molar refractivity (Wildman–Crippen MR) is 237 cm³/mol. The molecule has 0 radical (unpaired) electrons. The minimum absolute atomic E-state index is 0.890. The summed E-state index contributed by atoms with van der Waals surface area (Å²) >= 11 is 0. The summed E-state index contributed by atoms with van der Waals surface area (Å²) in [6, 6.07) is 76.5. The van der Waals surface area contributed by atoms with E-state index in [1.54, 1.807) is 0 Å². The largest absolute Gasteiger partial charge is 0.455 e. The quantitative estimate of drug-likeness (QED) is 0.171. The predicted octanol–water partition coefficient (Wildman–Crippen LogP) is 15.5. The van der Waals surface area contributed by atoms with E-state index < -0.39 is 0 Å². The van der Waals surface area contributed by atoms with Gasteiger partial charge in [0.15, 0.2) is 0 Å². The van der Waals surface area contributed by atoms with E-state index in [0.29, 0.717) is 0 Å². The van der Waals surface area contributed by atoms with E-state index in [-0.39, 0.29) is 0 Å². The van der Waals surface area contributed by atoms with Gasteiger partial charge >= 0.3 is 0 Å². The van der Waals surface area contributed by atoms with Crippen LogP contribution in [0.5, 0.6) is 0 Å². The van der Waals surface area contributed by atoms with Gasteiger partial charge in [-0.25, -0.2) is 0 Å². The first-order valence-corrected chi connectivity index (χ1v) is 19.2. The Labute approximate surface area is 325 Å². The molecule has 0 unspecified atom stereocenters. The second-order valence-electron chi connectivity index (χ2n) is 14.5. The number of fused-ring (bicyclic) bond motifs is 7. The van der Waals surface area contributed by atoms with Crippen LogP contribution in [0.2, 0.25) is 0 Å². The lowest BCUT2D eigenvalue weighted by molar-refractivity contribution is 0.673. The Bertz CT molecular complexity index is 3150. The molecule has 11 rings (SSSR count). The Balaban J connectivity index is 1.11. The molecule has 0 aliphatic carbocycles. The summed E-state index contributed by atoms with van der Waals surface area (Å²) in [4.78, 5) is 2.40. The van der Waals surface area contributed by atoms with Gasteiger partial charge in [0.2, 0.25) is 0 Å². The van der Waals surface area contributed by atoms with Crippen molar-refractivity contribution < 1.29 is 4.42 Å². The molecule has 2 heteroatoms. The van der Waals surface area contributed by atoms with Crippen molar-refractivity contribution >= 4 is 71.3 Å². The maximum absolute atomic E-state index is 6.61. The highest BCUT2D eigenvalue weighted by atomic mass is 16.3. The van der Waals surface area contributed by atoms with E-state index in [9.17, 15) is 0 Å². The number of nitrogens with zero attached hydrogens (tertiary/aromatic N) is 1. The fourth-order valence-electron chi connectivity index (χ4n) is 8.63. The maximum Gasteiger partial charge on any atom is 0.143 e. The molecule has 10 aromatic carbocycles. The van der Waals surface area contributed by atoms with Crippen LogP contribution in [-0.2, 0) is 0 Å². The lowest BCUT2D eigenvalue weighted by Gasteiger charge is -2.27. The molecular formula is C54H35NO. The first-order chi connectivity index (χ1) is 27.8. The Morgan fingerprint density at radius 1 is 0.304 bits per heavy atom. The topological polar surface area (TPSA) is 16.4 Å². The van der Waals surface area contributed by atoms with Crippen molar-refractivity contribution in [2.45, 2.75) is 0 Å². The number of hydrogen-bond donors (Lipinski definition) is 0. The average molecular weight is 714 g/mol. The number of hydrogen-bond acceptors (Lipinski definition) is 2. The van der Waals surface area contributed by atoms with Gasteiger partial charge in [0.05, 0.1) is 0 Å². The first kappa shape index (κ1) is 32.0. The van der Waals surface area contributed by atoms with Crippen LogP contribution in [0, 0.1) is 0 Å². The van der Waals surface area contributed by atoms with Gasteiger partial charge in [0.1, 0.15) is 11.2 Å². The molecule has 262 valence electrons. The maximum atomic E-state index is 6.61. The third-order valence-electron chi connectivity index (χ3n) is 11.2. The summed E-state index contributed by atoms with van der Waals surface area (Å²) in [6.45, 7) is 0. The smallest absolute Gasteiger partial charge is 0.143 e. The summed E-state index contributed by atoms with van der Waals surface area (Å²) in [6.07, 6.45) is 0. The summed E-state index contributed by atoms with van der Waals surface area (Å²) in [5.74, 6) is 0. The monoisotopic (exact) mass is 713 g/mol. The highest BCUT2D eigenvalue weighted by Crippen LogP contribution is 2.44. The second kappa shape index (κ2) is 13.2. The number of benzene rings is 10. The molecule has 1 heterocycles. The summed E-state index contributed by atoms with van der Waals surface area (Å²) < 4.78 is 6.61. The van der Waals surface area contributed by atoms with Crippen molar-refractivity contribution in [3.63, 3.8) is 0 Å². The van der Waals surface area contributed by atoms with E-state index in [4.69, 9.17) is 4.42 Å². The van der Waals surface area contributed by atoms with Crippen LogP contribution >= 0.6 is 0 Å². The van der Waals surface area contributed by atoms with E-state index >= 15 is 0 Å². The molecule has 11 aromatic rings. The molecule has 1 aromatic heterocycles. The van der Waals surface area contributed by atoms with Gasteiger partial charge < -0.3 is 9.32 Å².